The molecule has 2 aliphatic rings. The zero-order valence-corrected chi connectivity index (χ0v) is 17.4. The maximum Gasteiger partial charge on any atom is 0.231 e. The van der Waals surface area contributed by atoms with E-state index >= 15 is 0 Å². The second kappa shape index (κ2) is 7.80. The molecule has 0 saturated carbocycles. The summed E-state index contributed by atoms with van der Waals surface area (Å²) >= 11 is 12.0. The van der Waals surface area contributed by atoms with E-state index in [4.69, 9.17) is 32.7 Å². The Morgan fingerprint density at radius 1 is 1.00 bits per heavy atom. The number of hydrogen-bond acceptors (Lipinski definition) is 4. The fourth-order valence-electron chi connectivity index (χ4n) is 3.70. The molecule has 0 spiro atoms. The van der Waals surface area contributed by atoms with Gasteiger partial charge in [-0.1, -0.05) is 47.5 Å². The van der Waals surface area contributed by atoms with Crippen LogP contribution >= 0.6 is 23.2 Å². The molecule has 0 aliphatic carbocycles. The molecule has 2 aliphatic heterocycles. The smallest absolute Gasteiger partial charge is 0.231 e. The molecule has 0 fully saturated rings. The second-order valence-corrected chi connectivity index (χ2v) is 8.17. The summed E-state index contributed by atoms with van der Waals surface area (Å²) in [5.41, 5.74) is 3.39. The van der Waals surface area contributed by atoms with Crippen LogP contribution in [0.15, 0.2) is 66.4 Å². The molecule has 0 bridgehead atoms. The van der Waals surface area contributed by atoms with E-state index in [0.717, 1.165) is 22.4 Å². The summed E-state index contributed by atoms with van der Waals surface area (Å²) in [6.07, 6.45) is 1.72. The van der Waals surface area contributed by atoms with Gasteiger partial charge in [0.15, 0.2) is 5.76 Å². The molecule has 0 saturated heterocycles. The minimum absolute atomic E-state index is 0.136. The van der Waals surface area contributed by atoms with Crippen LogP contribution in [-0.2, 0) is 13.1 Å². The third kappa shape index (κ3) is 3.70. The maximum atomic E-state index is 12.9. The Balaban J connectivity index is 1.42. The second-order valence-electron chi connectivity index (χ2n) is 7.30. The average Bonchev–Trinajstić information content (AvgIpc) is 3.06. The summed E-state index contributed by atoms with van der Waals surface area (Å²) in [5.74, 6) is 1.47. The highest BCUT2D eigenvalue weighted by molar-refractivity contribution is 6.31. The predicted molar refractivity (Wildman–Crippen MR) is 117 cm³/mol. The Kier molecular flexibility index (Phi) is 4.99. The van der Waals surface area contributed by atoms with Gasteiger partial charge in [-0.25, -0.2) is 0 Å². The fourth-order valence-corrected chi connectivity index (χ4v) is 4.03. The molecule has 5 rings (SSSR count). The molecular weight excluding hydrogens is 421 g/mol. The Morgan fingerprint density at radius 2 is 1.83 bits per heavy atom. The van der Waals surface area contributed by atoms with Crippen LogP contribution in [0.2, 0.25) is 10.0 Å². The SMILES string of the molecule is O=C1/C(=C/c2cccc(Cl)c2)Oc2c1ccc1c2CN(Cc2ccc(Cl)cc2)CO1. The van der Waals surface area contributed by atoms with Crippen molar-refractivity contribution in [3.63, 3.8) is 0 Å². The highest BCUT2D eigenvalue weighted by Crippen LogP contribution is 2.42. The molecule has 3 aromatic rings. The van der Waals surface area contributed by atoms with Crippen LogP contribution in [0, 0.1) is 0 Å². The van der Waals surface area contributed by atoms with E-state index in [1.807, 2.05) is 42.5 Å². The van der Waals surface area contributed by atoms with Gasteiger partial charge in [0, 0.05) is 23.1 Å². The number of ether oxygens (including phenoxy) is 2. The van der Waals surface area contributed by atoms with Gasteiger partial charge in [-0.05, 0) is 53.6 Å². The predicted octanol–water partition coefficient (Wildman–Crippen LogP) is 5.96. The number of carbonyl (C=O) groups excluding carboxylic acids is 1. The lowest BCUT2D eigenvalue weighted by atomic mass is 10.0. The summed E-state index contributed by atoms with van der Waals surface area (Å²) in [6, 6.07) is 18.7. The first-order chi connectivity index (χ1) is 14.6. The molecule has 4 nitrogen and oxygen atoms in total. The van der Waals surface area contributed by atoms with Crippen molar-refractivity contribution in [1.29, 1.82) is 0 Å². The minimum atomic E-state index is -0.136. The van der Waals surface area contributed by atoms with Crippen LogP contribution in [-0.4, -0.2) is 17.4 Å². The molecule has 0 radical (unpaired) electrons. The Hall–Kier alpha value is -2.79. The van der Waals surface area contributed by atoms with Crippen LogP contribution in [0.1, 0.15) is 27.0 Å². The normalized spacial score (nSPS) is 16.7. The third-order valence-electron chi connectivity index (χ3n) is 5.15. The third-order valence-corrected chi connectivity index (χ3v) is 5.64. The van der Waals surface area contributed by atoms with Crippen LogP contribution in [0.5, 0.6) is 11.5 Å². The number of ketones is 1. The van der Waals surface area contributed by atoms with Gasteiger partial charge in [0.1, 0.15) is 18.2 Å². The summed E-state index contributed by atoms with van der Waals surface area (Å²) in [7, 11) is 0. The van der Waals surface area contributed by atoms with Gasteiger partial charge >= 0.3 is 0 Å². The molecule has 0 amide bonds. The number of nitrogens with zero attached hydrogens (tertiary/aromatic N) is 1. The molecule has 30 heavy (non-hydrogen) atoms. The van der Waals surface area contributed by atoms with Gasteiger partial charge in [-0.15, -0.1) is 0 Å². The standard InChI is InChI=1S/C24H17Cl2NO3/c25-17-6-4-15(5-7-17)12-27-13-20-21(29-14-27)9-8-19-23(28)22(30-24(19)20)11-16-2-1-3-18(26)10-16/h1-11H,12-14H2/b22-11-. The summed E-state index contributed by atoms with van der Waals surface area (Å²) in [6.45, 7) is 1.80. The van der Waals surface area contributed by atoms with Gasteiger partial charge in [0.2, 0.25) is 5.78 Å². The maximum absolute atomic E-state index is 12.9. The Bertz CT molecular complexity index is 1170. The van der Waals surface area contributed by atoms with E-state index in [9.17, 15) is 4.79 Å². The minimum Gasteiger partial charge on any atom is -0.478 e. The van der Waals surface area contributed by atoms with Crippen molar-refractivity contribution in [1.82, 2.24) is 4.90 Å². The molecular formula is C24H17Cl2NO3. The number of benzene rings is 3. The van der Waals surface area contributed by atoms with Crippen LogP contribution in [0.25, 0.3) is 6.08 Å². The van der Waals surface area contributed by atoms with Crippen molar-refractivity contribution in [3.05, 3.63) is 98.7 Å². The van der Waals surface area contributed by atoms with Gasteiger partial charge in [0.25, 0.3) is 0 Å². The van der Waals surface area contributed by atoms with Crippen molar-refractivity contribution in [3.8, 4) is 11.5 Å². The summed E-state index contributed by atoms with van der Waals surface area (Å²) in [4.78, 5) is 15.0. The zero-order valence-electron chi connectivity index (χ0n) is 15.9. The average molecular weight is 438 g/mol. The largest absolute Gasteiger partial charge is 0.478 e. The molecule has 3 aromatic carbocycles. The van der Waals surface area contributed by atoms with Gasteiger partial charge in [-0.3, -0.25) is 9.69 Å². The van der Waals surface area contributed by atoms with Crippen LogP contribution < -0.4 is 9.47 Å². The first-order valence-corrected chi connectivity index (χ1v) is 10.3. The first kappa shape index (κ1) is 19.2. The Morgan fingerprint density at radius 3 is 2.63 bits per heavy atom. The van der Waals surface area contributed by atoms with Crippen LogP contribution in [0.4, 0.5) is 0 Å². The topological polar surface area (TPSA) is 38.8 Å². The molecule has 0 atom stereocenters. The van der Waals surface area contributed by atoms with E-state index < -0.39 is 0 Å². The number of hydrogen-bond donors (Lipinski definition) is 0. The van der Waals surface area contributed by atoms with Crippen molar-refractivity contribution in [2.45, 2.75) is 13.1 Å². The van der Waals surface area contributed by atoms with Gasteiger partial charge < -0.3 is 9.47 Å². The monoisotopic (exact) mass is 437 g/mol. The quantitative estimate of drug-likeness (QED) is 0.473. The highest BCUT2D eigenvalue weighted by atomic mass is 35.5. The zero-order chi connectivity index (χ0) is 20.7. The van der Waals surface area contributed by atoms with E-state index in [2.05, 4.69) is 4.90 Å². The van der Waals surface area contributed by atoms with E-state index in [-0.39, 0.29) is 11.5 Å². The van der Waals surface area contributed by atoms with Crippen LogP contribution in [0.3, 0.4) is 0 Å². The number of allylic oxidation sites excluding steroid dienone is 1. The molecule has 2 heterocycles. The summed E-state index contributed by atoms with van der Waals surface area (Å²) < 4.78 is 12.0. The number of fused-ring (bicyclic) bond motifs is 3. The van der Waals surface area contributed by atoms with Gasteiger partial charge in [0.05, 0.1) is 11.1 Å². The van der Waals surface area contributed by atoms with E-state index in [1.165, 1.54) is 0 Å². The summed E-state index contributed by atoms with van der Waals surface area (Å²) in [5, 5.41) is 1.32. The molecule has 150 valence electrons. The van der Waals surface area contributed by atoms with Crippen molar-refractivity contribution in [2.24, 2.45) is 0 Å². The number of rotatable bonds is 3. The lowest BCUT2D eigenvalue weighted by molar-refractivity contribution is 0.0873. The van der Waals surface area contributed by atoms with Crippen molar-refractivity contribution < 1.29 is 14.3 Å². The van der Waals surface area contributed by atoms with E-state index in [1.54, 1.807) is 24.3 Å². The lowest BCUT2D eigenvalue weighted by Gasteiger charge is -2.29. The van der Waals surface area contributed by atoms with E-state index in [0.29, 0.717) is 41.2 Å². The molecule has 6 heteroatoms. The van der Waals surface area contributed by atoms with Crippen molar-refractivity contribution in [2.75, 3.05) is 6.73 Å². The number of carbonyl (C=O) groups is 1. The molecule has 0 unspecified atom stereocenters. The van der Waals surface area contributed by atoms with Gasteiger partial charge in [-0.2, -0.15) is 0 Å². The number of halogens is 2. The Labute approximate surface area is 184 Å². The fraction of sp³-hybridized carbons (Fsp3) is 0.125. The number of Topliss-reactive ketones (excluding diaryl/α,β-unsaturated/α-hetero) is 1. The molecule has 0 N–H and O–H groups in total. The molecule has 0 aromatic heterocycles. The highest BCUT2D eigenvalue weighted by Gasteiger charge is 2.33. The van der Waals surface area contributed by atoms with Crippen molar-refractivity contribution >= 4 is 35.1 Å². The lowest BCUT2D eigenvalue weighted by Crippen LogP contribution is -2.31. The first-order valence-electron chi connectivity index (χ1n) is 9.52.